The van der Waals surface area contributed by atoms with Crippen molar-refractivity contribution in [3.05, 3.63) is 41.6 Å². The van der Waals surface area contributed by atoms with E-state index in [-0.39, 0.29) is 0 Å². The molecule has 3 nitrogen and oxygen atoms in total. The Labute approximate surface area is 108 Å². The molecule has 94 valence electrons. The third kappa shape index (κ3) is 1.62. The van der Waals surface area contributed by atoms with E-state index in [1.165, 1.54) is 12.1 Å². The average molecular weight is 241 g/mol. The van der Waals surface area contributed by atoms with Crippen LogP contribution in [0.1, 0.15) is 37.4 Å². The molecule has 1 fully saturated rings. The van der Waals surface area contributed by atoms with Gasteiger partial charge >= 0.3 is 0 Å². The van der Waals surface area contributed by atoms with Gasteiger partial charge in [-0.1, -0.05) is 32.0 Å². The molecule has 1 atom stereocenters. The fraction of sp³-hybridized carbons (Fsp3) is 0.400. The quantitative estimate of drug-likeness (QED) is 0.877. The van der Waals surface area contributed by atoms with Gasteiger partial charge in [-0.15, -0.1) is 0 Å². The van der Waals surface area contributed by atoms with Crippen molar-refractivity contribution in [2.45, 2.75) is 33.1 Å². The number of anilines is 1. The van der Waals surface area contributed by atoms with Gasteiger partial charge in [0.25, 0.3) is 0 Å². The minimum Gasteiger partial charge on any atom is -0.383 e. The molecule has 1 aliphatic carbocycles. The van der Waals surface area contributed by atoms with Gasteiger partial charge < -0.3 is 5.73 Å². The van der Waals surface area contributed by atoms with E-state index in [9.17, 15) is 0 Å². The van der Waals surface area contributed by atoms with Crippen molar-refractivity contribution in [1.29, 1.82) is 0 Å². The predicted octanol–water partition coefficient (Wildman–Crippen LogP) is 3.28. The van der Waals surface area contributed by atoms with Crippen LogP contribution >= 0.6 is 0 Å². The molecule has 1 unspecified atom stereocenters. The van der Waals surface area contributed by atoms with Gasteiger partial charge in [0.05, 0.1) is 11.4 Å². The van der Waals surface area contributed by atoms with Gasteiger partial charge in [0, 0.05) is 11.5 Å². The average Bonchev–Trinajstić information content (AvgIpc) is 2.88. The molecule has 0 saturated heterocycles. The normalized spacial score (nSPS) is 20.9. The number of nitrogens with zero attached hydrogens (tertiary/aromatic N) is 2. The molecule has 0 aliphatic heterocycles. The second kappa shape index (κ2) is 3.61. The van der Waals surface area contributed by atoms with Gasteiger partial charge in [-0.2, -0.15) is 5.10 Å². The van der Waals surface area contributed by atoms with Crippen LogP contribution in [0.25, 0.3) is 5.69 Å². The van der Waals surface area contributed by atoms with Crippen LogP contribution in [0.15, 0.2) is 30.3 Å². The molecule has 2 aromatic rings. The van der Waals surface area contributed by atoms with Crippen molar-refractivity contribution in [3.8, 4) is 5.69 Å². The van der Waals surface area contributed by atoms with Gasteiger partial charge in [0.15, 0.2) is 0 Å². The van der Waals surface area contributed by atoms with Gasteiger partial charge in [-0.3, -0.25) is 0 Å². The molecule has 3 rings (SSSR count). The molecule has 0 radical (unpaired) electrons. The van der Waals surface area contributed by atoms with Crippen molar-refractivity contribution in [2.75, 3.05) is 5.73 Å². The highest BCUT2D eigenvalue weighted by Crippen LogP contribution is 2.59. The van der Waals surface area contributed by atoms with Crippen molar-refractivity contribution in [2.24, 2.45) is 5.41 Å². The predicted molar refractivity (Wildman–Crippen MR) is 73.9 cm³/mol. The highest BCUT2D eigenvalue weighted by molar-refractivity contribution is 5.51. The molecule has 1 aromatic heterocycles. The minimum atomic E-state index is 0.382. The Morgan fingerprint density at radius 3 is 2.44 bits per heavy atom. The highest BCUT2D eigenvalue weighted by atomic mass is 15.3. The van der Waals surface area contributed by atoms with Crippen molar-refractivity contribution < 1.29 is 0 Å². The third-order valence-electron chi connectivity index (χ3n) is 4.05. The second-order valence-electron chi connectivity index (χ2n) is 5.89. The van der Waals surface area contributed by atoms with Crippen LogP contribution in [0.2, 0.25) is 0 Å². The van der Waals surface area contributed by atoms with Crippen LogP contribution in [-0.2, 0) is 0 Å². The zero-order chi connectivity index (χ0) is 12.9. The van der Waals surface area contributed by atoms with Crippen molar-refractivity contribution >= 4 is 5.82 Å². The molecule has 18 heavy (non-hydrogen) atoms. The first-order valence-corrected chi connectivity index (χ1v) is 6.41. The third-order valence-corrected chi connectivity index (χ3v) is 4.05. The Bertz CT molecular complexity index is 581. The number of hydrogen-bond donors (Lipinski definition) is 1. The first-order valence-electron chi connectivity index (χ1n) is 6.41. The molecule has 0 spiro atoms. The lowest BCUT2D eigenvalue weighted by Gasteiger charge is -2.03. The summed E-state index contributed by atoms with van der Waals surface area (Å²) in [6.45, 7) is 6.65. The van der Waals surface area contributed by atoms with E-state index in [1.807, 2.05) is 35.0 Å². The summed E-state index contributed by atoms with van der Waals surface area (Å²) in [4.78, 5) is 0. The number of rotatable bonds is 2. The number of aromatic nitrogens is 2. The standard InChI is InChI=1S/C15H19N3/c1-10-13(12-9-15(12,2)3)17-18(14(10)16)11-7-5-4-6-8-11/h4-8,12H,9,16H2,1-3H3. The van der Waals surface area contributed by atoms with Crippen LogP contribution in [0, 0.1) is 12.3 Å². The molecule has 2 N–H and O–H groups in total. The highest BCUT2D eigenvalue weighted by Gasteiger charge is 2.49. The minimum absolute atomic E-state index is 0.382. The molecule has 0 amide bonds. The summed E-state index contributed by atoms with van der Waals surface area (Å²) in [5, 5.41) is 4.73. The Kier molecular flexibility index (Phi) is 2.27. The number of nitrogens with two attached hydrogens (primary N) is 1. The molecule has 1 saturated carbocycles. The van der Waals surface area contributed by atoms with Gasteiger partial charge in [0.1, 0.15) is 5.82 Å². The first-order chi connectivity index (χ1) is 8.50. The second-order valence-corrected chi connectivity index (χ2v) is 5.89. The van der Waals surface area contributed by atoms with E-state index < -0.39 is 0 Å². The van der Waals surface area contributed by atoms with Crippen LogP contribution in [0.3, 0.4) is 0 Å². The zero-order valence-corrected chi connectivity index (χ0v) is 11.1. The Morgan fingerprint density at radius 2 is 1.89 bits per heavy atom. The number of nitrogen functional groups attached to an aromatic ring is 1. The van der Waals surface area contributed by atoms with E-state index in [0.29, 0.717) is 11.3 Å². The fourth-order valence-corrected chi connectivity index (χ4v) is 2.56. The van der Waals surface area contributed by atoms with Crippen LogP contribution in [0.5, 0.6) is 0 Å². The van der Waals surface area contributed by atoms with Crippen LogP contribution < -0.4 is 5.73 Å². The maximum Gasteiger partial charge on any atom is 0.130 e. The molecule has 0 bridgehead atoms. The molecular formula is C15H19N3. The van der Waals surface area contributed by atoms with Gasteiger partial charge in [-0.25, -0.2) is 4.68 Å². The van der Waals surface area contributed by atoms with Crippen molar-refractivity contribution in [1.82, 2.24) is 9.78 Å². The molecule has 3 heteroatoms. The summed E-state index contributed by atoms with van der Waals surface area (Å²) in [6.07, 6.45) is 1.21. The summed E-state index contributed by atoms with van der Waals surface area (Å²) in [5.74, 6) is 1.32. The smallest absolute Gasteiger partial charge is 0.130 e. The SMILES string of the molecule is Cc1c(C2CC2(C)C)nn(-c2ccccc2)c1N. The van der Waals surface area contributed by atoms with Crippen LogP contribution in [-0.4, -0.2) is 9.78 Å². The Hall–Kier alpha value is -1.77. The Balaban J connectivity index is 2.06. The van der Waals surface area contributed by atoms with Crippen molar-refractivity contribution in [3.63, 3.8) is 0 Å². The van der Waals surface area contributed by atoms with E-state index >= 15 is 0 Å². The molecule has 1 aromatic carbocycles. The lowest BCUT2D eigenvalue weighted by molar-refractivity contribution is 0.611. The van der Waals surface area contributed by atoms with Gasteiger partial charge in [0.2, 0.25) is 0 Å². The maximum absolute atomic E-state index is 6.19. The number of hydrogen-bond acceptors (Lipinski definition) is 2. The fourth-order valence-electron chi connectivity index (χ4n) is 2.56. The summed E-state index contributed by atoms with van der Waals surface area (Å²) in [7, 11) is 0. The summed E-state index contributed by atoms with van der Waals surface area (Å²) < 4.78 is 1.86. The topological polar surface area (TPSA) is 43.8 Å². The van der Waals surface area contributed by atoms with E-state index in [0.717, 1.165) is 17.1 Å². The first kappa shape index (κ1) is 11.3. The van der Waals surface area contributed by atoms with E-state index in [1.54, 1.807) is 0 Å². The van der Waals surface area contributed by atoms with Crippen LogP contribution in [0.4, 0.5) is 5.82 Å². The monoisotopic (exact) mass is 241 g/mol. The van der Waals surface area contributed by atoms with Gasteiger partial charge in [-0.05, 0) is 30.9 Å². The van der Waals surface area contributed by atoms with E-state index in [4.69, 9.17) is 10.8 Å². The Morgan fingerprint density at radius 1 is 1.28 bits per heavy atom. The summed E-state index contributed by atoms with van der Waals surface area (Å²) >= 11 is 0. The lowest BCUT2D eigenvalue weighted by atomic mass is 10.1. The summed E-state index contributed by atoms with van der Waals surface area (Å²) in [6, 6.07) is 10.1. The molecule has 1 heterocycles. The zero-order valence-electron chi connectivity index (χ0n) is 11.1. The lowest BCUT2D eigenvalue weighted by Crippen LogP contribution is -2.02. The molecule has 1 aliphatic rings. The maximum atomic E-state index is 6.19. The van der Waals surface area contributed by atoms with E-state index in [2.05, 4.69) is 20.8 Å². The largest absolute Gasteiger partial charge is 0.383 e. The number of para-hydroxylation sites is 1. The molecular weight excluding hydrogens is 222 g/mol. The number of benzene rings is 1. The summed E-state index contributed by atoms with van der Waals surface area (Å²) in [5.41, 5.74) is 9.90.